The molecule has 0 amide bonds. The lowest BCUT2D eigenvalue weighted by Crippen LogP contribution is -2.22. The number of hydrogen-bond donors (Lipinski definition) is 1. The zero-order valence-electron chi connectivity index (χ0n) is 8.66. The number of ether oxygens (including phenoxy) is 1. The van der Waals surface area contributed by atoms with Crippen LogP contribution >= 0.6 is 0 Å². The highest BCUT2D eigenvalue weighted by Gasteiger charge is 2.34. The molecule has 0 radical (unpaired) electrons. The van der Waals surface area contributed by atoms with Crippen molar-refractivity contribution in [2.45, 2.75) is 25.4 Å². The van der Waals surface area contributed by atoms with E-state index in [1.165, 1.54) is 0 Å². The van der Waals surface area contributed by atoms with E-state index < -0.39 is 5.60 Å². The Morgan fingerprint density at radius 2 is 2.33 bits per heavy atom. The normalized spacial score (nSPS) is 24.6. The second kappa shape index (κ2) is 3.56. The summed E-state index contributed by atoms with van der Waals surface area (Å²) >= 11 is 0. The first-order valence-electron chi connectivity index (χ1n) is 5.04. The Hall–Kier alpha value is -1.53. The zero-order chi connectivity index (χ0) is 10.9. The van der Waals surface area contributed by atoms with E-state index in [1.54, 1.807) is 6.07 Å². The topological polar surface area (TPSA) is 53.2 Å². The molecule has 0 aromatic heterocycles. The van der Waals surface area contributed by atoms with Gasteiger partial charge in [-0.05, 0) is 25.3 Å². The maximum atomic E-state index is 10.2. The van der Waals surface area contributed by atoms with E-state index in [2.05, 4.69) is 0 Å². The summed E-state index contributed by atoms with van der Waals surface area (Å²) in [4.78, 5) is 0. The molecule has 15 heavy (non-hydrogen) atoms. The van der Waals surface area contributed by atoms with Gasteiger partial charge < -0.3 is 9.84 Å². The number of rotatable bonds is 0. The Morgan fingerprint density at radius 1 is 1.53 bits per heavy atom. The fourth-order valence-corrected chi connectivity index (χ4v) is 1.92. The van der Waals surface area contributed by atoms with Gasteiger partial charge in [-0.15, -0.1) is 0 Å². The van der Waals surface area contributed by atoms with Crippen molar-refractivity contribution < 1.29 is 9.84 Å². The van der Waals surface area contributed by atoms with Gasteiger partial charge in [0.1, 0.15) is 11.8 Å². The summed E-state index contributed by atoms with van der Waals surface area (Å²) in [6.45, 7) is 2.48. The Balaban J connectivity index is 2.61. The minimum Gasteiger partial charge on any atom is -0.493 e. The molecule has 0 saturated carbocycles. The van der Waals surface area contributed by atoms with E-state index in [1.807, 2.05) is 25.1 Å². The van der Waals surface area contributed by atoms with Crippen LogP contribution in [0.3, 0.4) is 0 Å². The highest BCUT2D eigenvalue weighted by atomic mass is 16.5. The van der Waals surface area contributed by atoms with Crippen LogP contribution in [0.2, 0.25) is 0 Å². The summed E-state index contributed by atoms with van der Waals surface area (Å²) in [6, 6.07) is 7.50. The van der Waals surface area contributed by atoms with Gasteiger partial charge >= 0.3 is 0 Å². The van der Waals surface area contributed by atoms with E-state index in [0.29, 0.717) is 30.8 Å². The molecule has 3 heteroatoms. The fraction of sp³-hybridized carbons (Fsp3) is 0.417. The van der Waals surface area contributed by atoms with Crippen LogP contribution in [0.25, 0.3) is 0 Å². The summed E-state index contributed by atoms with van der Waals surface area (Å²) in [5.74, 6) is 0.666. The quantitative estimate of drug-likeness (QED) is 0.655. The first kappa shape index (κ1) is 10.0. The smallest absolute Gasteiger partial charge is 0.180 e. The van der Waals surface area contributed by atoms with Gasteiger partial charge in [0.15, 0.2) is 5.60 Å². The molecular formula is C12H13NO2. The molecule has 1 aromatic carbocycles. The third-order valence-corrected chi connectivity index (χ3v) is 2.77. The van der Waals surface area contributed by atoms with Crippen molar-refractivity contribution in [1.82, 2.24) is 0 Å². The van der Waals surface area contributed by atoms with Crippen LogP contribution in [0.4, 0.5) is 0 Å². The van der Waals surface area contributed by atoms with E-state index >= 15 is 0 Å². The number of nitrogens with zero attached hydrogens (tertiary/aromatic N) is 1. The fourth-order valence-electron chi connectivity index (χ4n) is 1.92. The van der Waals surface area contributed by atoms with Gasteiger partial charge in [0.2, 0.25) is 0 Å². The van der Waals surface area contributed by atoms with Crippen LogP contribution in [-0.4, -0.2) is 11.7 Å². The number of benzene rings is 1. The summed E-state index contributed by atoms with van der Waals surface area (Å²) in [5.41, 5.74) is 0.170. The van der Waals surface area contributed by atoms with Gasteiger partial charge in [-0.1, -0.05) is 18.2 Å². The van der Waals surface area contributed by atoms with Gasteiger partial charge in [0.05, 0.1) is 6.61 Å². The number of aliphatic hydroxyl groups is 1. The lowest BCUT2D eigenvalue weighted by atomic mass is 9.89. The van der Waals surface area contributed by atoms with E-state index in [-0.39, 0.29) is 0 Å². The number of hydrogen-bond acceptors (Lipinski definition) is 3. The predicted molar refractivity (Wildman–Crippen MR) is 55.4 cm³/mol. The molecule has 3 nitrogen and oxygen atoms in total. The highest BCUT2D eigenvalue weighted by molar-refractivity contribution is 5.47. The van der Waals surface area contributed by atoms with Crippen LogP contribution < -0.4 is 4.74 Å². The third-order valence-electron chi connectivity index (χ3n) is 2.77. The molecule has 0 aliphatic carbocycles. The highest BCUT2D eigenvalue weighted by Crippen LogP contribution is 2.37. The largest absolute Gasteiger partial charge is 0.493 e. The standard InChI is InChI=1S/C12H13NO2/c1-9-4-2-5-10-11(9)15-7-3-6-12(10,14)8-13/h2,4-5,14H,3,6-7H2,1H3. The molecule has 1 N–H and O–H groups in total. The van der Waals surface area contributed by atoms with Crippen molar-refractivity contribution in [3.63, 3.8) is 0 Å². The minimum absolute atomic E-state index is 0.431. The maximum Gasteiger partial charge on any atom is 0.180 e. The van der Waals surface area contributed by atoms with Gasteiger partial charge in [-0.2, -0.15) is 5.26 Å². The molecule has 0 spiro atoms. The Kier molecular flexibility index (Phi) is 2.37. The van der Waals surface area contributed by atoms with Crippen LogP contribution in [0.15, 0.2) is 18.2 Å². The second-order valence-corrected chi connectivity index (χ2v) is 3.88. The van der Waals surface area contributed by atoms with Gasteiger partial charge in [0, 0.05) is 5.56 Å². The van der Waals surface area contributed by atoms with Crippen LogP contribution in [-0.2, 0) is 5.60 Å². The Labute approximate surface area is 88.9 Å². The number of nitriles is 1. The molecule has 0 saturated heterocycles. The molecule has 2 rings (SSSR count). The van der Waals surface area contributed by atoms with Crippen molar-refractivity contribution in [2.75, 3.05) is 6.61 Å². The van der Waals surface area contributed by atoms with Crippen molar-refractivity contribution >= 4 is 0 Å². The van der Waals surface area contributed by atoms with Crippen molar-refractivity contribution in [3.05, 3.63) is 29.3 Å². The molecule has 0 fully saturated rings. The number of aryl methyl sites for hydroxylation is 1. The molecule has 1 heterocycles. The molecule has 1 aliphatic heterocycles. The van der Waals surface area contributed by atoms with Crippen molar-refractivity contribution in [1.29, 1.82) is 5.26 Å². The summed E-state index contributed by atoms with van der Waals surface area (Å²) in [7, 11) is 0. The molecule has 78 valence electrons. The van der Waals surface area contributed by atoms with E-state index in [0.717, 1.165) is 5.56 Å². The van der Waals surface area contributed by atoms with Gasteiger partial charge in [0.25, 0.3) is 0 Å². The lowest BCUT2D eigenvalue weighted by Gasteiger charge is -2.20. The molecular weight excluding hydrogens is 190 g/mol. The van der Waals surface area contributed by atoms with Crippen LogP contribution in [0.5, 0.6) is 5.75 Å². The monoisotopic (exact) mass is 203 g/mol. The average Bonchev–Trinajstić information content (AvgIpc) is 2.41. The third kappa shape index (κ3) is 1.57. The number of fused-ring (bicyclic) bond motifs is 1. The summed E-state index contributed by atoms with van der Waals surface area (Å²) < 4.78 is 5.57. The average molecular weight is 203 g/mol. The molecule has 1 atom stereocenters. The van der Waals surface area contributed by atoms with Crippen LogP contribution in [0.1, 0.15) is 24.0 Å². The zero-order valence-corrected chi connectivity index (χ0v) is 8.66. The second-order valence-electron chi connectivity index (χ2n) is 3.88. The molecule has 1 unspecified atom stereocenters. The Bertz CT molecular complexity index is 422. The van der Waals surface area contributed by atoms with E-state index in [9.17, 15) is 5.11 Å². The van der Waals surface area contributed by atoms with Gasteiger partial charge in [-0.3, -0.25) is 0 Å². The number of para-hydroxylation sites is 1. The SMILES string of the molecule is Cc1cccc2c1OCCCC2(O)C#N. The minimum atomic E-state index is -1.39. The first-order chi connectivity index (χ1) is 7.17. The molecule has 0 bridgehead atoms. The summed E-state index contributed by atoms with van der Waals surface area (Å²) in [6.07, 6.45) is 1.12. The first-order valence-corrected chi connectivity index (χ1v) is 5.04. The molecule has 1 aliphatic rings. The molecule has 1 aromatic rings. The summed E-state index contributed by atoms with van der Waals surface area (Å²) in [5, 5.41) is 19.3. The lowest BCUT2D eigenvalue weighted by molar-refractivity contribution is 0.0884. The maximum absolute atomic E-state index is 10.2. The van der Waals surface area contributed by atoms with Crippen molar-refractivity contribution in [3.8, 4) is 11.8 Å². The Morgan fingerprint density at radius 3 is 3.07 bits per heavy atom. The van der Waals surface area contributed by atoms with E-state index in [4.69, 9.17) is 10.00 Å². The van der Waals surface area contributed by atoms with Crippen molar-refractivity contribution in [2.24, 2.45) is 0 Å². The van der Waals surface area contributed by atoms with Crippen LogP contribution in [0, 0.1) is 18.3 Å². The van der Waals surface area contributed by atoms with Gasteiger partial charge in [-0.25, -0.2) is 0 Å². The predicted octanol–water partition coefficient (Wildman–Crippen LogP) is 1.88.